The Morgan fingerprint density at radius 3 is 2.53 bits per heavy atom. The first-order valence-corrected chi connectivity index (χ1v) is 10.8. The summed E-state index contributed by atoms with van der Waals surface area (Å²) in [6.07, 6.45) is 4.80. The van der Waals surface area contributed by atoms with E-state index in [1.54, 1.807) is 37.6 Å². The zero-order valence-corrected chi connectivity index (χ0v) is 17.9. The summed E-state index contributed by atoms with van der Waals surface area (Å²) in [4.78, 5) is 32.0. The standard InChI is InChI=1S/C23H25N3O3S/c1-16(27)3-4-18-5-7-20(8-6-18)29-17(2)23(28)25-14-11-22-26-21(15-30-22)19-9-12-24-13-10-19/h5-10,12-13,15,17H,3-4,11,14H2,1-2H3,(H,25,28)/t17-/m1/s1. The van der Waals surface area contributed by atoms with Crippen molar-refractivity contribution in [3.05, 3.63) is 64.7 Å². The van der Waals surface area contributed by atoms with E-state index in [1.165, 1.54) is 0 Å². The number of benzene rings is 1. The molecule has 1 N–H and O–H groups in total. The molecular formula is C23H25N3O3S. The molecule has 2 aromatic heterocycles. The third-order valence-corrected chi connectivity index (χ3v) is 5.45. The maximum atomic E-state index is 12.3. The zero-order valence-electron chi connectivity index (χ0n) is 17.1. The quantitative estimate of drug-likeness (QED) is 0.536. The van der Waals surface area contributed by atoms with Crippen LogP contribution < -0.4 is 10.1 Å². The van der Waals surface area contributed by atoms with Crippen LogP contribution in [0.25, 0.3) is 11.3 Å². The average molecular weight is 424 g/mol. The number of nitrogens with one attached hydrogen (secondary N) is 1. The minimum atomic E-state index is -0.600. The fraction of sp³-hybridized carbons (Fsp3) is 0.304. The summed E-state index contributed by atoms with van der Waals surface area (Å²) in [5.41, 5.74) is 3.03. The Morgan fingerprint density at radius 1 is 1.10 bits per heavy atom. The van der Waals surface area contributed by atoms with Gasteiger partial charge in [-0.1, -0.05) is 12.1 Å². The van der Waals surface area contributed by atoms with Gasteiger partial charge >= 0.3 is 0 Å². The number of pyridine rings is 1. The summed E-state index contributed by atoms with van der Waals surface area (Å²) in [6.45, 7) is 3.82. The number of amides is 1. The summed E-state index contributed by atoms with van der Waals surface area (Å²) in [6, 6.07) is 11.4. The molecule has 3 rings (SSSR count). The molecule has 30 heavy (non-hydrogen) atoms. The van der Waals surface area contributed by atoms with Crippen molar-refractivity contribution in [2.24, 2.45) is 0 Å². The molecule has 1 aromatic carbocycles. The highest BCUT2D eigenvalue weighted by Gasteiger charge is 2.14. The van der Waals surface area contributed by atoms with Crippen molar-refractivity contribution >= 4 is 23.0 Å². The number of aryl methyl sites for hydroxylation is 1. The molecule has 0 aliphatic rings. The van der Waals surface area contributed by atoms with Crippen molar-refractivity contribution in [1.82, 2.24) is 15.3 Å². The number of aromatic nitrogens is 2. The molecule has 0 spiro atoms. The molecule has 0 bridgehead atoms. The summed E-state index contributed by atoms with van der Waals surface area (Å²) in [5.74, 6) is 0.639. The topological polar surface area (TPSA) is 81.2 Å². The first-order chi connectivity index (χ1) is 14.5. The normalized spacial score (nSPS) is 11.7. The Bertz CT molecular complexity index is 971. The van der Waals surface area contributed by atoms with Crippen LogP contribution in [0.15, 0.2) is 54.2 Å². The van der Waals surface area contributed by atoms with E-state index in [1.807, 2.05) is 41.8 Å². The van der Waals surface area contributed by atoms with E-state index in [-0.39, 0.29) is 11.7 Å². The zero-order chi connectivity index (χ0) is 21.3. The van der Waals surface area contributed by atoms with Crippen molar-refractivity contribution in [2.75, 3.05) is 6.54 Å². The molecule has 6 nitrogen and oxygen atoms in total. The number of thiazole rings is 1. The second-order valence-electron chi connectivity index (χ2n) is 7.01. The van der Waals surface area contributed by atoms with Crippen LogP contribution in [-0.4, -0.2) is 34.3 Å². The van der Waals surface area contributed by atoms with E-state index in [0.717, 1.165) is 21.8 Å². The molecular weight excluding hydrogens is 398 g/mol. The Hall–Kier alpha value is -3.06. The lowest BCUT2D eigenvalue weighted by Gasteiger charge is -2.14. The second-order valence-corrected chi connectivity index (χ2v) is 7.95. The van der Waals surface area contributed by atoms with Crippen molar-refractivity contribution in [3.8, 4) is 17.0 Å². The Labute approximate surface area is 180 Å². The Balaban J connectivity index is 1.42. The van der Waals surface area contributed by atoms with Crippen LogP contribution in [0.4, 0.5) is 0 Å². The number of Topliss-reactive ketones (excluding diaryl/α,β-unsaturated/α-hetero) is 1. The summed E-state index contributed by atoms with van der Waals surface area (Å²) in [7, 11) is 0. The van der Waals surface area contributed by atoms with Gasteiger partial charge in [0, 0.05) is 42.7 Å². The highest BCUT2D eigenvalue weighted by molar-refractivity contribution is 7.09. The SMILES string of the molecule is CC(=O)CCc1ccc(O[C@H](C)C(=O)NCCc2nc(-c3ccncc3)cs2)cc1. The number of carbonyl (C=O) groups excluding carboxylic acids is 2. The first kappa shape index (κ1) is 21.6. The number of hydrogen-bond donors (Lipinski definition) is 1. The van der Waals surface area contributed by atoms with Gasteiger partial charge in [0.25, 0.3) is 5.91 Å². The fourth-order valence-electron chi connectivity index (χ4n) is 2.83. The van der Waals surface area contributed by atoms with Gasteiger partial charge in [-0.2, -0.15) is 0 Å². The predicted octanol–water partition coefficient (Wildman–Crippen LogP) is 3.85. The second kappa shape index (κ2) is 10.6. The molecule has 1 amide bonds. The van der Waals surface area contributed by atoms with Crippen LogP contribution in [0.3, 0.4) is 0 Å². The molecule has 156 valence electrons. The number of ether oxygens (including phenoxy) is 1. The van der Waals surface area contributed by atoms with Gasteiger partial charge in [0.1, 0.15) is 11.5 Å². The maximum Gasteiger partial charge on any atom is 0.260 e. The fourth-order valence-corrected chi connectivity index (χ4v) is 3.64. The highest BCUT2D eigenvalue weighted by Crippen LogP contribution is 2.21. The number of carbonyl (C=O) groups is 2. The molecule has 0 saturated heterocycles. The molecule has 0 saturated carbocycles. The smallest absolute Gasteiger partial charge is 0.260 e. The average Bonchev–Trinajstić information content (AvgIpc) is 3.22. The largest absolute Gasteiger partial charge is 0.481 e. The molecule has 2 heterocycles. The van der Waals surface area contributed by atoms with Gasteiger partial charge in [0.05, 0.1) is 10.7 Å². The van der Waals surface area contributed by atoms with Crippen LogP contribution >= 0.6 is 11.3 Å². The lowest BCUT2D eigenvalue weighted by molar-refractivity contribution is -0.127. The van der Waals surface area contributed by atoms with Crippen LogP contribution in [0.1, 0.15) is 30.8 Å². The van der Waals surface area contributed by atoms with Crippen LogP contribution in [0, 0.1) is 0 Å². The molecule has 0 aliphatic carbocycles. The van der Waals surface area contributed by atoms with Crippen LogP contribution in [0.2, 0.25) is 0 Å². The van der Waals surface area contributed by atoms with Gasteiger partial charge in [-0.05, 0) is 50.1 Å². The van der Waals surface area contributed by atoms with Crippen molar-refractivity contribution in [2.45, 2.75) is 39.2 Å². The van der Waals surface area contributed by atoms with Gasteiger partial charge in [0.2, 0.25) is 0 Å². The predicted molar refractivity (Wildman–Crippen MR) is 118 cm³/mol. The third-order valence-electron chi connectivity index (χ3n) is 4.54. The monoisotopic (exact) mass is 423 g/mol. The van der Waals surface area contributed by atoms with E-state index < -0.39 is 6.10 Å². The minimum absolute atomic E-state index is 0.165. The van der Waals surface area contributed by atoms with Crippen LogP contribution in [-0.2, 0) is 22.4 Å². The highest BCUT2D eigenvalue weighted by atomic mass is 32.1. The maximum absolute atomic E-state index is 12.3. The van der Waals surface area contributed by atoms with Gasteiger partial charge in [-0.3, -0.25) is 9.78 Å². The van der Waals surface area contributed by atoms with Crippen molar-refractivity contribution in [1.29, 1.82) is 0 Å². The number of ketones is 1. The molecule has 0 radical (unpaired) electrons. The van der Waals surface area contributed by atoms with Gasteiger partial charge in [-0.15, -0.1) is 11.3 Å². The van der Waals surface area contributed by atoms with E-state index >= 15 is 0 Å². The van der Waals surface area contributed by atoms with Gasteiger partial charge in [0.15, 0.2) is 6.10 Å². The summed E-state index contributed by atoms with van der Waals surface area (Å²) < 4.78 is 5.72. The summed E-state index contributed by atoms with van der Waals surface area (Å²) >= 11 is 1.58. The van der Waals surface area contributed by atoms with Crippen LogP contribution in [0.5, 0.6) is 5.75 Å². The van der Waals surface area contributed by atoms with Crippen molar-refractivity contribution < 1.29 is 14.3 Å². The minimum Gasteiger partial charge on any atom is -0.481 e. The Kier molecular flexibility index (Phi) is 7.68. The van der Waals surface area contributed by atoms with E-state index in [4.69, 9.17) is 4.74 Å². The molecule has 7 heteroatoms. The number of hydrogen-bond acceptors (Lipinski definition) is 6. The van der Waals surface area contributed by atoms with Gasteiger partial charge < -0.3 is 14.8 Å². The number of nitrogens with zero attached hydrogens (tertiary/aromatic N) is 2. The van der Waals surface area contributed by atoms with E-state index in [9.17, 15) is 9.59 Å². The first-order valence-electron chi connectivity index (χ1n) is 9.89. The molecule has 3 aromatic rings. The molecule has 0 unspecified atom stereocenters. The van der Waals surface area contributed by atoms with Gasteiger partial charge in [-0.25, -0.2) is 4.98 Å². The van der Waals surface area contributed by atoms with E-state index in [2.05, 4.69) is 15.3 Å². The molecule has 0 fully saturated rings. The lowest BCUT2D eigenvalue weighted by Crippen LogP contribution is -2.37. The lowest BCUT2D eigenvalue weighted by atomic mass is 10.1. The molecule has 1 atom stereocenters. The molecule has 0 aliphatic heterocycles. The van der Waals surface area contributed by atoms with Crippen molar-refractivity contribution in [3.63, 3.8) is 0 Å². The Morgan fingerprint density at radius 2 is 1.83 bits per heavy atom. The third kappa shape index (κ3) is 6.49. The van der Waals surface area contributed by atoms with E-state index in [0.29, 0.717) is 31.6 Å². The summed E-state index contributed by atoms with van der Waals surface area (Å²) in [5, 5.41) is 5.88. The number of rotatable bonds is 10.